The lowest BCUT2D eigenvalue weighted by molar-refractivity contribution is 1.06. The maximum atomic E-state index is 3.92. The lowest BCUT2D eigenvalue weighted by Gasteiger charge is -1.91. The first-order valence-electron chi connectivity index (χ1n) is 1.96. The Balaban J connectivity index is 3.17. The molecule has 47 valence electrons. The number of nitrogens with zero attached hydrogens (tertiary/aromatic N) is 2. The van der Waals surface area contributed by atoms with Gasteiger partial charge in [-0.05, 0) is 47.8 Å². The third-order valence-electron chi connectivity index (χ3n) is 0.618. The minimum atomic E-state index is 0.526. The van der Waals surface area contributed by atoms with Crippen LogP contribution in [0.4, 0.5) is 0 Å². The molecular weight excluding hydrogens is 316 g/mol. The maximum Gasteiger partial charge on any atom is 0.198 e. The van der Waals surface area contributed by atoms with Crippen LogP contribution in [0.5, 0.6) is 0 Å². The molecule has 0 unspecified atom stereocenters. The van der Waals surface area contributed by atoms with Gasteiger partial charge in [-0.15, -0.1) is 0 Å². The quantitative estimate of drug-likeness (QED) is 0.543. The van der Waals surface area contributed by atoms with E-state index >= 15 is 0 Å². The summed E-state index contributed by atoms with van der Waals surface area (Å²) in [6.45, 7) is 0. The summed E-state index contributed by atoms with van der Waals surface area (Å²) in [6, 6.07) is 0. The van der Waals surface area contributed by atoms with E-state index in [0.29, 0.717) is 9.34 Å². The molecule has 5 heteroatoms. The van der Waals surface area contributed by atoms with Crippen molar-refractivity contribution in [3.63, 3.8) is 0 Å². The van der Waals surface area contributed by atoms with Crippen molar-refractivity contribution >= 4 is 47.8 Å². The zero-order valence-corrected chi connectivity index (χ0v) is 8.79. The van der Waals surface area contributed by atoms with Gasteiger partial charge >= 0.3 is 0 Å². The average molecular weight is 316 g/mol. The van der Waals surface area contributed by atoms with Gasteiger partial charge in [0.2, 0.25) is 0 Å². The first-order chi connectivity index (χ1) is 4.20. The highest BCUT2D eigenvalue weighted by atomic mass is 79.9. The van der Waals surface area contributed by atoms with Crippen molar-refractivity contribution in [1.82, 2.24) is 9.97 Å². The van der Waals surface area contributed by atoms with E-state index in [1.54, 1.807) is 0 Å². The Morgan fingerprint density at radius 3 is 2.33 bits per heavy atom. The molecule has 0 fully saturated rings. The predicted octanol–water partition coefficient (Wildman–Crippen LogP) is 2.56. The molecule has 0 aliphatic heterocycles. The van der Waals surface area contributed by atoms with Crippen LogP contribution < -0.4 is 0 Å². The largest absolute Gasteiger partial charge is 0.219 e. The molecule has 0 amide bonds. The Bertz CT molecular complexity index is 225. The molecule has 0 atom stereocenters. The summed E-state index contributed by atoms with van der Waals surface area (Å²) >= 11 is 9.46. The molecular formula is C4Br3N2. The van der Waals surface area contributed by atoms with Crippen LogP contribution in [0.3, 0.4) is 0 Å². The molecule has 0 saturated carbocycles. The molecule has 0 saturated heterocycles. The first kappa shape index (κ1) is 7.63. The van der Waals surface area contributed by atoms with E-state index in [2.05, 4.69) is 64.0 Å². The first-order valence-corrected chi connectivity index (χ1v) is 4.34. The summed E-state index contributed by atoms with van der Waals surface area (Å²) in [5, 5.41) is 0. The topological polar surface area (TPSA) is 25.8 Å². The second-order valence-corrected chi connectivity index (χ2v) is 3.46. The van der Waals surface area contributed by atoms with Gasteiger partial charge in [0.15, 0.2) is 4.73 Å². The Labute approximate surface area is 77.5 Å². The van der Waals surface area contributed by atoms with E-state index < -0.39 is 0 Å². The molecule has 2 nitrogen and oxygen atoms in total. The molecule has 1 rings (SSSR count). The lowest BCUT2D eigenvalue weighted by Crippen LogP contribution is -1.83. The molecule has 0 aliphatic carbocycles. The summed E-state index contributed by atoms with van der Waals surface area (Å²) < 4.78 is 1.95. The van der Waals surface area contributed by atoms with E-state index in [-0.39, 0.29) is 0 Å². The zero-order valence-electron chi connectivity index (χ0n) is 4.03. The second kappa shape index (κ2) is 3.07. The Kier molecular flexibility index (Phi) is 2.60. The summed E-state index contributed by atoms with van der Waals surface area (Å²) in [5.41, 5.74) is 0. The van der Waals surface area contributed by atoms with E-state index in [9.17, 15) is 0 Å². The molecule has 0 spiro atoms. The fourth-order valence-corrected chi connectivity index (χ4v) is 1.23. The van der Waals surface area contributed by atoms with Crippen molar-refractivity contribution in [2.45, 2.75) is 0 Å². The third-order valence-corrected chi connectivity index (χ3v) is 2.63. The summed E-state index contributed by atoms with van der Waals surface area (Å²) in [5.74, 6) is 0. The molecule has 1 radical (unpaired) electrons. The van der Waals surface area contributed by atoms with Crippen molar-refractivity contribution in [3.05, 3.63) is 20.0 Å². The van der Waals surface area contributed by atoms with Gasteiger partial charge in [-0.1, -0.05) is 0 Å². The Hall–Kier alpha value is 0.520. The zero-order chi connectivity index (χ0) is 6.85. The second-order valence-electron chi connectivity index (χ2n) is 1.21. The molecule has 1 aromatic rings. The molecule has 9 heavy (non-hydrogen) atoms. The monoisotopic (exact) mass is 313 g/mol. The summed E-state index contributed by atoms with van der Waals surface area (Å²) in [6.07, 6.45) is 2.68. The van der Waals surface area contributed by atoms with Crippen molar-refractivity contribution in [2.24, 2.45) is 0 Å². The van der Waals surface area contributed by atoms with Crippen molar-refractivity contribution in [2.75, 3.05) is 0 Å². The highest BCUT2D eigenvalue weighted by Gasteiger charge is 1.97. The maximum absolute atomic E-state index is 3.92. The lowest BCUT2D eigenvalue weighted by atomic mass is 10.7. The van der Waals surface area contributed by atoms with Gasteiger partial charge in [0, 0.05) is 0 Å². The number of hydrogen-bond donors (Lipinski definition) is 0. The van der Waals surface area contributed by atoms with Gasteiger partial charge in [-0.2, -0.15) is 0 Å². The minimum Gasteiger partial charge on any atom is -0.219 e. The number of rotatable bonds is 0. The number of hydrogen-bond acceptors (Lipinski definition) is 2. The molecule has 0 aromatic carbocycles. The number of aromatic nitrogens is 2. The van der Waals surface area contributed by atoms with Gasteiger partial charge in [-0.25, -0.2) is 9.97 Å². The van der Waals surface area contributed by atoms with E-state index in [1.165, 1.54) is 0 Å². The third kappa shape index (κ3) is 1.98. The molecule has 0 aliphatic rings. The van der Waals surface area contributed by atoms with E-state index in [1.807, 2.05) is 0 Å². The summed E-state index contributed by atoms with van der Waals surface area (Å²) in [4.78, 5) is 7.66. The van der Waals surface area contributed by atoms with Crippen molar-refractivity contribution < 1.29 is 0 Å². The van der Waals surface area contributed by atoms with Crippen LogP contribution in [-0.2, 0) is 0 Å². The molecule has 1 aromatic heterocycles. The van der Waals surface area contributed by atoms with Crippen LogP contribution in [-0.4, -0.2) is 9.97 Å². The average Bonchev–Trinajstić information content (AvgIpc) is 1.80. The van der Waals surface area contributed by atoms with E-state index in [0.717, 1.165) is 4.47 Å². The SMILES string of the molecule is Brc1n[c]c(Br)c(Br)n1. The normalized spacial score (nSPS) is 9.67. The van der Waals surface area contributed by atoms with Crippen LogP contribution in [0.25, 0.3) is 0 Å². The summed E-state index contributed by atoms with van der Waals surface area (Å²) in [7, 11) is 0. The van der Waals surface area contributed by atoms with Crippen LogP contribution in [0, 0.1) is 6.20 Å². The van der Waals surface area contributed by atoms with Gasteiger partial charge in [0.1, 0.15) is 10.8 Å². The molecule has 0 bridgehead atoms. The Morgan fingerprint density at radius 1 is 1.22 bits per heavy atom. The molecule has 0 N–H and O–H groups in total. The number of halogens is 3. The van der Waals surface area contributed by atoms with Crippen molar-refractivity contribution in [1.29, 1.82) is 0 Å². The highest BCUT2D eigenvalue weighted by Crippen LogP contribution is 2.19. The highest BCUT2D eigenvalue weighted by molar-refractivity contribution is 9.13. The van der Waals surface area contributed by atoms with Gasteiger partial charge in [0.25, 0.3) is 0 Å². The van der Waals surface area contributed by atoms with Crippen LogP contribution >= 0.6 is 47.8 Å². The van der Waals surface area contributed by atoms with Crippen LogP contribution in [0.2, 0.25) is 0 Å². The van der Waals surface area contributed by atoms with Crippen LogP contribution in [0.1, 0.15) is 0 Å². The van der Waals surface area contributed by atoms with Crippen LogP contribution in [0.15, 0.2) is 13.8 Å². The standard InChI is InChI=1S/C4Br3N2/c5-2-1-8-4(7)9-3(2)6. The minimum absolute atomic E-state index is 0.526. The van der Waals surface area contributed by atoms with E-state index in [4.69, 9.17) is 0 Å². The van der Waals surface area contributed by atoms with Gasteiger partial charge in [0.05, 0.1) is 4.47 Å². The fourth-order valence-electron chi connectivity index (χ4n) is 0.296. The molecule has 1 heterocycles. The van der Waals surface area contributed by atoms with Gasteiger partial charge < -0.3 is 0 Å². The van der Waals surface area contributed by atoms with Crippen molar-refractivity contribution in [3.8, 4) is 0 Å². The smallest absolute Gasteiger partial charge is 0.198 e. The fraction of sp³-hybridized carbons (Fsp3) is 0. The Morgan fingerprint density at radius 2 is 1.89 bits per heavy atom. The van der Waals surface area contributed by atoms with Gasteiger partial charge in [-0.3, -0.25) is 0 Å². The predicted molar refractivity (Wildman–Crippen MR) is 44.0 cm³/mol.